The molecule has 0 aliphatic carbocycles. The zero-order chi connectivity index (χ0) is 8.12. The first-order valence-corrected chi connectivity index (χ1v) is 2.99. The van der Waals surface area contributed by atoms with Crippen molar-refractivity contribution in [1.29, 1.82) is 0 Å². The van der Waals surface area contributed by atoms with Crippen molar-refractivity contribution in [2.75, 3.05) is 19.8 Å². The van der Waals surface area contributed by atoms with Crippen molar-refractivity contribution in [1.82, 2.24) is 0 Å². The van der Waals surface area contributed by atoms with Crippen molar-refractivity contribution in [2.24, 2.45) is 0 Å². The van der Waals surface area contributed by atoms with E-state index >= 15 is 0 Å². The zero-order valence-corrected chi connectivity index (χ0v) is 8.33. The summed E-state index contributed by atoms with van der Waals surface area (Å²) in [5.41, 5.74) is 0. The van der Waals surface area contributed by atoms with Crippen LogP contribution in [0.5, 0.6) is 0 Å². The molecule has 0 saturated carbocycles. The van der Waals surface area contributed by atoms with Gasteiger partial charge in [-0.1, -0.05) is 20.8 Å². The third-order valence-electron chi connectivity index (χ3n) is 0. The van der Waals surface area contributed by atoms with E-state index < -0.39 is 0 Å². The molecular weight excluding hydrogens is 293 g/mol. The third kappa shape index (κ3) is 339. The molecule has 3 nitrogen and oxygen atoms in total. The SMILES string of the molecule is CC[O-].CC[O-].CC[O-].[Yb+3]. The minimum atomic E-state index is 0. The molecule has 0 aliphatic rings. The van der Waals surface area contributed by atoms with Crippen LogP contribution >= 0.6 is 0 Å². The van der Waals surface area contributed by atoms with Gasteiger partial charge in [-0.3, -0.25) is 0 Å². The molecule has 0 unspecified atom stereocenters. The quantitative estimate of drug-likeness (QED) is 0.525. The molecule has 0 aromatic carbocycles. The molecule has 10 heavy (non-hydrogen) atoms. The van der Waals surface area contributed by atoms with Crippen molar-refractivity contribution in [3.8, 4) is 0 Å². The van der Waals surface area contributed by atoms with Gasteiger partial charge in [0.2, 0.25) is 0 Å². The molecule has 0 N–H and O–H groups in total. The van der Waals surface area contributed by atoms with Crippen LogP contribution in [0.1, 0.15) is 20.8 Å². The summed E-state index contributed by atoms with van der Waals surface area (Å²) in [6.45, 7) is 4.71. The van der Waals surface area contributed by atoms with Gasteiger partial charge in [-0.25, -0.2) is 0 Å². The van der Waals surface area contributed by atoms with E-state index in [1.165, 1.54) is 0 Å². The van der Waals surface area contributed by atoms with Crippen LogP contribution in [0.25, 0.3) is 0 Å². The fourth-order valence-electron chi connectivity index (χ4n) is 0. The molecule has 71 valence electrons. The first-order valence-electron chi connectivity index (χ1n) is 2.99. The van der Waals surface area contributed by atoms with Crippen molar-refractivity contribution in [3.63, 3.8) is 0 Å². The Morgan fingerprint density at radius 3 is 0.700 bits per heavy atom. The second-order valence-electron chi connectivity index (χ2n) is 0.866. The molecule has 0 atom stereocenters. The molecule has 0 aromatic heterocycles. The van der Waals surface area contributed by atoms with Crippen molar-refractivity contribution < 1.29 is 62.2 Å². The Morgan fingerprint density at radius 1 is 0.700 bits per heavy atom. The average molecular weight is 308 g/mol. The molecule has 0 saturated heterocycles. The maximum atomic E-state index is 8.93. The van der Waals surface area contributed by atoms with Crippen molar-refractivity contribution in [3.05, 3.63) is 0 Å². The molecule has 0 spiro atoms. The summed E-state index contributed by atoms with van der Waals surface area (Å²) in [5.74, 6) is 0. The van der Waals surface area contributed by atoms with E-state index in [0.717, 1.165) is 0 Å². The third-order valence-corrected chi connectivity index (χ3v) is 0. The Morgan fingerprint density at radius 2 is 0.700 bits per heavy atom. The Bertz CT molecular complexity index is 17.7. The van der Waals surface area contributed by atoms with Crippen molar-refractivity contribution >= 4 is 0 Å². The summed E-state index contributed by atoms with van der Waals surface area (Å²) in [5, 5.41) is 26.8. The van der Waals surface area contributed by atoms with Crippen LogP contribution in [0.3, 0.4) is 0 Å². The largest absolute Gasteiger partial charge is 3.00 e. The topological polar surface area (TPSA) is 69.2 Å². The van der Waals surface area contributed by atoms with Crippen molar-refractivity contribution in [2.45, 2.75) is 20.8 Å². The maximum absolute atomic E-state index is 8.93. The Kier molecular flexibility index (Phi) is 107. The smallest absolute Gasteiger partial charge is 0.855 e. The van der Waals surface area contributed by atoms with Gasteiger partial charge in [-0.05, 0) is 0 Å². The molecule has 0 rings (SSSR count). The van der Waals surface area contributed by atoms with Crippen LogP contribution in [0.15, 0.2) is 0 Å². The van der Waals surface area contributed by atoms with Gasteiger partial charge < -0.3 is 15.3 Å². The Hall–Kier alpha value is 1.40. The summed E-state index contributed by atoms with van der Waals surface area (Å²) >= 11 is 0. The number of hydrogen-bond donors (Lipinski definition) is 0. The van der Waals surface area contributed by atoms with Crippen LogP contribution in [0, 0.1) is 46.9 Å². The molecule has 0 bridgehead atoms. The van der Waals surface area contributed by atoms with Gasteiger partial charge >= 0.3 is 46.9 Å². The number of rotatable bonds is 0. The molecule has 0 heterocycles. The fraction of sp³-hybridized carbons (Fsp3) is 1.00. The van der Waals surface area contributed by atoms with E-state index in [2.05, 4.69) is 0 Å². The maximum Gasteiger partial charge on any atom is 3.00 e. The number of hydrogen-bond acceptors (Lipinski definition) is 3. The van der Waals surface area contributed by atoms with Crippen LogP contribution in [0.4, 0.5) is 0 Å². The summed E-state index contributed by atoms with van der Waals surface area (Å²) in [6, 6.07) is 0. The second kappa shape index (κ2) is 47.5. The summed E-state index contributed by atoms with van der Waals surface area (Å²) in [4.78, 5) is 0. The van der Waals surface area contributed by atoms with Gasteiger partial charge in [0.25, 0.3) is 0 Å². The Balaban J connectivity index is -0.0000000257. The molecule has 1 radical (unpaired) electrons. The van der Waals surface area contributed by atoms with E-state index in [9.17, 15) is 0 Å². The van der Waals surface area contributed by atoms with Crippen LogP contribution in [-0.4, -0.2) is 19.8 Å². The second-order valence-corrected chi connectivity index (χ2v) is 0.866. The van der Waals surface area contributed by atoms with E-state index in [-0.39, 0.29) is 66.7 Å². The van der Waals surface area contributed by atoms with Gasteiger partial charge in [0, 0.05) is 0 Å². The monoisotopic (exact) mass is 309 g/mol. The normalized spacial score (nSPS) is 5.40. The van der Waals surface area contributed by atoms with Gasteiger partial charge in [-0.2, -0.15) is 0 Å². The summed E-state index contributed by atoms with van der Waals surface area (Å²) in [6.07, 6.45) is 0. The van der Waals surface area contributed by atoms with Crippen LogP contribution < -0.4 is 15.3 Å². The molecule has 0 aromatic rings. The van der Waals surface area contributed by atoms with E-state index in [1.54, 1.807) is 20.8 Å². The summed E-state index contributed by atoms with van der Waals surface area (Å²) < 4.78 is 0. The molecule has 0 fully saturated rings. The van der Waals surface area contributed by atoms with Crippen LogP contribution in [-0.2, 0) is 0 Å². The zero-order valence-electron chi connectivity index (χ0n) is 6.61. The van der Waals surface area contributed by atoms with Crippen LogP contribution in [0.2, 0.25) is 0 Å². The minimum Gasteiger partial charge on any atom is -0.855 e. The fourth-order valence-corrected chi connectivity index (χ4v) is 0. The Labute approximate surface area is 102 Å². The van der Waals surface area contributed by atoms with E-state index in [4.69, 9.17) is 15.3 Å². The van der Waals surface area contributed by atoms with E-state index in [0.29, 0.717) is 0 Å². The predicted octanol–water partition coefficient (Wildman–Crippen LogP) is -1.90. The van der Waals surface area contributed by atoms with Gasteiger partial charge in [0.05, 0.1) is 0 Å². The molecular formula is C6H15O3Yb. The summed E-state index contributed by atoms with van der Waals surface area (Å²) in [7, 11) is 0. The average Bonchev–Trinajstić information content (AvgIpc) is 1.70. The van der Waals surface area contributed by atoms with Gasteiger partial charge in [0.1, 0.15) is 0 Å². The molecule has 0 amide bonds. The predicted molar refractivity (Wildman–Crippen MR) is 31.6 cm³/mol. The van der Waals surface area contributed by atoms with Gasteiger partial charge in [0.15, 0.2) is 0 Å². The first kappa shape index (κ1) is 22.5. The minimum absolute atomic E-state index is 0. The molecule has 0 aliphatic heterocycles. The van der Waals surface area contributed by atoms with Gasteiger partial charge in [-0.15, -0.1) is 19.8 Å². The first-order chi connectivity index (χ1) is 4.24. The standard InChI is InChI=1S/3C2H5O.Yb/c3*1-2-3;/h3*2H2,1H3;/q3*-1;+3. The molecule has 4 heteroatoms. The van der Waals surface area contributed by atoms with E-state index in [1.807, 2.05) is 0 Å².